The molecule has 0 heterocycles. The number of azo groups is 1. The molecule has 1 amide bonds. The molecule has 32 heavy (non-hydrogen) atoms. The zero-order valence-electron chi connectivity index (χ0n) is 17.3. The van der Waals surface area contributed by atoms with Crippen molar-refractivity contribution in [1.82, 2.24) is 0 Å². The molecule has 0 fully saturated rings. The fraction of sp³-hybridized carbons (Fsp3) is 0.130. The highest BCUT2D eigenvalue weighted by molar-refractivity contribution is 7.89. The van der Waals surface area contributed by atoms with E-state index in [9.17, 15) is 18.0 Å². The van der Waals surface area contributed by atoms with Gasteiger partial charge in [-0.05, 0) is 54.1 Å². The molecule has 0 spiro atoms. The molecule has 9 heteroatoms. The molecule has 8 nitrogen and oxygen atoms in total. The highest BCUT2D eigenvalue weighted by atomic mass is 32.2. The molecular formula is C23H21N3O5S. The topological polar surface area (TPSA) is 114 Å². The maximum Gasteiger partial charge on any atom is 0.338 e. The van der Waals surface area contributed by atoms with Crippen LogP contribution in [-0.2, 0) is 25.1 Å². The molecular weight excluding hydrogens is 430 g/mol. The van der Waals surface area contributed by atoms with Gasteiger partial charge in [-0.1, -0.05) is 30.3 Å². The Balaban J connectivity index is 1.48. The highest BCUT2D eigenvalue weighted by Gasteiger charge is 2.11. The van der Waals surface area contributed by atoms with E-state index in [-0.39, 0.29) is 11.3 Å². The largest absolute Gasteiger partial charge is 0.452 e. The molecule has 0 saturated carbocycles. The van der Waals surface area contributed by atoms with Crippen LogP contribution in [0.4, 0.5) is 17.1 Å². The second-order valence-electron chi connectivity index (χ2n) is 6.97. The average molecular weight is 452 g/mol. The van der Waals surface area contributed by atoms with E-state index >= 15 is 0 Å². The number of ether oxygens (including phenoxy) is 1. The van der Waals surface area contributed by atoms with Crippen molar-refractivity contribution in [2.75, 3.05) is 18.2 Å². The van der Waals surface area contributed by atoms with Crippen LogP contribution in [0.5, 0.6) is 0 Å². The van der Waals surface area contributed by atoms with Crippen molar-refractivity contribution < 1.29 is 22.7 Å². The van der Waals surface area contributed by atoms with E-state index in [1.807, 2.05) is 30.3 Å². The summed E-state index contributed by atoms with van der Waals surface area (Å²) in [6.45, 7) is -0.459. The van der Waals surface area contributed by atoms with E-state index in [0.29, 0.717) is 16.9 Å². The Hall–Kier alpha value is -3.85. The number of hydrogen-bond acceptors (Lipinski definition) is 7. The van der Waals surface area contributed by atoms with Crippen LogP contribution in [0.25, 0.3) is 0 Å². The second kappa shape index (κ2) is 10.5. The van der Waals surface area contributed by atoms with E-state index in [1.54, 1.807) is 24.3 Å². The molecule has 0 radical (unpaired) electrons. The quantitative estimate of drug-likeness (QED) is 0.402. The molecule has 0 aromatic heterocycles. The number of rotatable bonds is 8. The van der Waals surface area contributed by atoms with E-state index in [1.165, 1.54) is 24.3 Å². The summed E-state index contributed by atoms with van der Waals surface area (Å²) in [5.41, 5.74) is 2.67. The number of sulfone groups is 1. The number of nitrogens with zero attached hydrogens (tertiary/aromatic N) is 2. The summed E-state index contributed by atoms with van der Waals surface area (Å²) in [4.78, 5) is 24.1. The SMILES string of the molecule is CS(=O)(=O)Cc1ccc(C(=O)OCC(=O)Nc2ccc(N=Nc3ccccc3)cc2)cc1. The minimum absolute atomic E-state index is 0.114. The molecule has 3 aromatic rings. The number of nitrogens with one attached hydrogen (secondary N) is 1. The Morgan fingerprint density at radius 2 is 1.44 bits per heavy atom. The molecule has 0 unspecified atom stereocenters. The zero-order valence-corrected chi connectivity index (χ0v) is 18.1. The molecule has 0 aliphatic heterocycles. The van der Waals surface area contributed by atoms with Gasteiger partial charge in [0.1, 0.15) is 0 Å². The number of carbonyl (C=O) groups is 2. The first-order valence-corrected chi connectivity index (χ1v) is 11.6. The van der Waals surface area contributed by atoms with E-state index < -0.39 is 28.3 Å². The lowest BCUT2D eigenvalue weighted by Crippen LogP contribution is -2.20. The van der Waals surface area contributed by atoms with Gasteiger partial charge in [-0.2, -0.15) is 10.2 Å². The lowest BCUT2D eigenvalue weighted by Gasteiger charge is -2.07. The van der Waals surface area contributed by atoms with Crippen molar-refractivity contribution in [3.63, 3.8) is 0 Å². The minimum atomic E-state index is -3.16. The smallest absolute Gasteiger partial charge is 0.338 e. The van der Waals surface area contributed by atoms with Gasteiger partial charge >= 0.3 is 5.97 Å². The fourth-order valence-corrected chi connectivity index (χ4v) is 3.47. The molecule has 0 saturated heterocycles. The van der Waals surface area contributed by atoms with Crippen LogP contribution >= 0.6 is 0 Å². The van der Waals surface area contributed by atoms with Crippen molar-refractivity contribution in [1.29, 1.82) is 0 Å². The predicted octanol–water partition coefficient (Wildman–Crippen LogP) is 4.44. The van der Waals surface area contributed by atoms with Gasteiger partial charge < -0.3 is 10.1 Å². The highest BCUT2D eigenvalue weighted by Crippen LogP contribution is 2.20. The van der Waals surface area contributed by atoms with Crippen LogP contribution < -0.4 is 5.32 Å². The number of anilines is 1. The molecule has 0 bridgehead atoms. The van der Waals surface area contributed by atoms with Crippen LogP contribution in [0.15, 0.2) is 89.1 Å². The maximum absolute atomic E-state index is 12.1. The lowest BCUT2D eigenvalue weighted by molar-refractivity contribution is -0.119. The van der Waals surface area contributed by atoms with Gasteiger partial charge in [0.15, 0.2) is 16.4 Å². The second-order valence-corrected chi connectivity index (χ2v) is 9.11. The Labute approximate surface area is 185 Å². The van der Waals surface area contributed by atoms with Gasteiger partial charge in [0.25, 0.3) is 5.91 Å². The van der Waals surface area contributed by atoms with Crippen LogP contribution in [0, 0.1) is 0 Å². The van der Waals surface area contributed by atoms with Gasteiger partial charge in [-0.25, -0.2) is 13.2 Å². The van der Waals surface area contributed by atoms with Crippen molar-refractivity contribution >= 4 is 38.8 Å². The Morgan fingerprint density at radius 3 is 2.03 bits per heavy atom. The first kappa shape index (κ1) is 22.8. The third kappa shape index (κ3) is 7.44. The summed E-state index contributed by atoms with van der Waals surface area (Å²) < 4.78 is 27.6. The van der Waals surface area contributed by atoms with Gasteiger partial charge in [-0.3, -0.25) is 4.79 Å². The van der Waals surface area contributed by atoms with Crippen molar-refractivity contribution in [2.24, 2.45) is 10.2 Å². The molecule has 3 aromatic carbocycles. The predicted molar refractivity (Wildman–Crippen MR) is 121 cm³/mol. The zero-order chi connectivity index (χ0) is 23.0. The number of benzene rings is 3. The van der Waals surface area contributed by atoms with Crippen LogP contribution in [0.1, 0.15) is 15.9 Å². The van der Waals surface area contributed by atoms with Gasteiger partial charge in [0.2, 0.25) is 0 Å². The van der Waals surface area contributed by atoms with Crippen molar-refractivity contribution in [2.45, 2.75) is 5.75 Å². The van der Waals surface area contributed by atoms with Crippen molar-refractivity contribution in [3.05, 3.63) is 90.0 Å². The third-order valence-corrected chi connectivity index (χ3v) is 5.00. The summed E-state index contributed by atoms with van der Waals surface area (Å²) in [6, 6.07) is 22.0. The monoisotopic (exact) mass is 451 g/mol. The van der Waals surface area contributed by atoms with Gasteiger partial charge in [0, 0.05) is 11.9 Å². The summed E-state index contributed by atoms with van der Waals surface area (Å²) in [6.07, 6.45) is 1.14. The maximum atomic E-state index is 12.1. The number of amides is 1. The van der Waals surface area contributed by atoms with Crippen LogP contribution in [-0.4, -0.2) is 33.2 Å². The van der Waals surface area contributed by atoms with E-state index in [0.717, 1.165) is 11.9 Å². The Bertz CT molecular complexity index is 1210. The minimum Gasteiger partial charge on any atom is -0.452 e. The first-order chi connectivity index (χ1) is 15.3. The Morgan fingerprint density at radius 1 is 0.844 bits per heavy atom. The molecule has 0 atom stereocenters. The summed E-state index contributed by atoms with van der Waals surface area (Å²) >= 11 is 0. The number of carbonyl (C=O) groups excluding carboxylic acids is 2. The van der Waals surface area contributed by atoms with Gasteiger partial charge in [0.05, 0.1) is 22.7 Å². The van der Waals surface area contributed by atoms with E-state index in [4.69, 9.17) is 4.74 Å². The summed E-state index contributed by atoms with van der Waals surface area (Å²) in [7, 11) is -3.16. The van der Waals surface area contributed by atoms with Crippen LogP contribution in [0.2, 0.25) is 0 Å². The fourth-order valence-electron chi connectivity index (χ4n) is 2.67. The first-order valence-electron chi connectivity index (χ1n) is 9.59. The molecule has 3 rings (SSSR count). The van der Waals surface area contributed by atoms with Crippen LogP contribution in [0.3, 0.4) is 0 Å². The van der Waals surface area contributed by atoms with Crippen molar-refractivity contribution in [3.8, 4) is 0 Å². The normalized spacial score (nSPS) is 11.3. The third-order valence-electron chi connectivity index (χ3n) is 4.14. The number of hydrogen-bond donors (Lipinski definition) is 1. The molecule has 0 aliphatic carbocycles. The van der Waals surface area contributed by atoms with E-state index in [2.05, 4.69) is 15.5 Å². The molecule has 1 N–H and O–H groups in total. The molecule has 0 aliphatic rings. The standard InChI is InChI=1S/C23H21N3O5S/c1-32(29,30)16-17-7-9-18(10-8-17)23(28)31-15-22(27)24-19-11-13-21(14-12-19)26-25-20-5-3-2-4-6-20/h2-14H,15-16H2,1H3,(H,24,27). The average Bonchev–Trinajstić information content (AvgIpc) is 2.77. The van der Waals surface area contributed by atoms with Gasteiger partial charge in [-0.15, -0.1) is 0 Å². The lowest BCUT2D eigenvalue weighted by atomic mass is 10.1. The summed E-state index contributed by atoms with van der Waals surface area (Å²) in [5, 5.41) is 10.9. The summed E-state index contributed by atoms with van der Waals surface area (Å²) in [5.74, 6) is -1.29. The number of esters is 1. The Kier molecular flexibility index (Phi) is 7.45. The molecule has 164 valence electrons.